The fraction of sp³-hybridized carbons (Fsp3) is 0.350. The van der Waals surface area contributed by atoms with E-state index in [1.165, 1.54) is 5.56 Å². The molecule has 0 saturated heterocycles. The second kappa shape index (κ2) is 9.02. The lowest BCUT2D eigenvalue weighted by atomic mass is 10.1. The molecule has 1 aromatic carbocycles. The molecular weight excluding hydrogens is 338 g/mol. The van der Waals surface area contributed by atoms with E-state index >= 15 is 0 Å². The van der Waals surface area contributed by atoms with E-state index in [2.05, 4.69) is 55.4 Å². The van der Waals surface area contributed by atoms with Gasteiger partial charge < -0.3 is 15.2 Å². The summed E-state index contributed by atoms with van der Waals surface area (Å²) >= 11 is 0. The van der Waals surface area contributed by atoms with Gasteiger partial charge in [0, 0.05) is 44.8 Å². The van der Waals surface area contributed by atoms with Crippen LogP contribution in [0.3, 0.4) is 0 Å². The number of hydrogen-bond acceptors (Lipinski definition) is 3. The van der Waals surface area contributed by atoms with E-state index in [0.29, 0.717) is 6.54 Å². The molecule has 7 heteroatoms. The number of guanidine groups is 1. The number of imidazole rings is 1. The first kappa shape index (κ1) is 18.7. The molecule has 0 fully saturated rings. The summed E-state index contributed by atoms with van der Waals surface area (Å²) in [7, 11) is 1.79. The maximum Gasteiger partial charge on any atom is 0.191 e. The monoisotopic (exact) mass is 365 g/mol. The lowest BCUT2D eigenvalue weighted by molar-refractivity contribution is 0.624. The number of nitrogens with one attached hydrogen (secondary N) is 2. The van der Waals surface area contributed by atoms with Crippen LogP contribution in [0.15, 0.2) is 54.0 Å². The van der Waals surface area contributed by atoms with E-state index in [9.17, 15) is 0 Å². The number of hydrogen-bond donors (Lipinski definition) is 2. The maximum absolute atomic E-state index is 4.61. The molecule has 0 amide bonds. The molecule has 3 aromatic rings. The molecule has 0 saturated carbocycles. The Kier molecular flexibility index (Phi) is 6.25. The topological polar surface area (TPSA) is 72.1 Å². The predicted octanol–water partition coefficient (Wildman–Crippen LogP) is 2.44. The van der Waals surface area contributed by atoms with E-state index in [4.69, 9.17) is 0 Å². The molecule has 3 rings (SSSR count). The third-order valence-electron chi connectivity index (χ3n) is 4.34. The Balaban J connectivity index is 1.56. The number of rotatable bonds is 7. The zero-order chi connectivity index (χ0) is 19.1. The van der Waals surface area contributed by atoms with Crippen LogP contribution in [0.2, 0.25) is 0 Å². The minimum Gasteiger partial charge on any atom is -0.356 e. The molecule has 142 valence electrons. The predicted molar refractivity (Wildman–Crippen MR) is 108 cm³/mol. The Labute approximate surface area is 160 Å². The Morgan fingerprint density at radius 2 is 2.04 bits per heavy atom. The average molecular weight is 365 g/mol. The number of aryl methyl sites for hydroxylation is 3. The van der Waals surface area contributed by atoms with Crippen molar-refractivity contribution in [2.24, 2.45) is 4.99 Å². The third-order valence-corrected chi connectivity index (χ3v) is 4.34. The molecule has 0 aliphatic rings. The van der Waals surface area contributed by atoms with Crippen LogP contribution in [0.4, 0.5) is 0 Å². The minimum absolute atomic E-state index is 0.676. The van der Waals surface area contributed by atoms with Gasteiger partial charge >= 0.3 is 0 Å². The lowest BCUT2D eigenvalue weighted by Gasteiger charge is -2.15. The van der Waals surface area contributed by atoms with Crippen molar-refractivity contribution in [1.82, 2.24) is 30.0 Å². The van der Waals surface area contributed by atoms with Crippen molar-refractivity contribution in [3.63, 3.8) is 0 Å². The fourth-order valence-electron chi connectivity index (χ4n) is 3.03. The van der Waals surface area contributed by atoms with Gasteiger partial charge in [-0.25, -0.2) is 9.67 Å². The average Bonchev–Trinajstić information content (AvgIpc) is 3.30. The Hall–Kier alpha value is -3.09. The van der Waals surface area contributed by atoms with Crippen LogP contribution in [0.5, 0.6) is 0 Å². The van der Waals surface area contributed by atoms with Crippen LogP contribution in [-0.2, 0) is 13.1 Å². The van der Waals surface area contributed by atoms with Crippen molar-refractivity contribution >= 4 is 5.96 Å². The molecular formula is C20H27N7. The standard InChI is InChI=1S/C20H27N7/c1-16-13-17(2)27(25-16)19-8-5-4-7-18(19)14-24-20(21-3)23-9-6-11-26-12-10-22-15-26/h4-5,7-8,10,12-13,15H,6,9,11,14H2,1-3H3,(H2,21,23,24). The van der Waals surface area contributed by atoms with Crippen molar-refractivity contribution < 1.29 is 0 Å². The van der Waals surface area contributed by atoms with Crippen molar-refractivity contribution in [2.75, 3.05) is 13.6 Å². The van der Waals surface area contributed by atoms with Gasteiger partial charge in [0.05, 0.1) is 17.7 Å². The molecule has 0 aliphatic carbocycles. The second-order valence-corrected chi connectivity index (χ2v) is 6.47. The smallest absolute Gasteiger partial charge is 0.191 e. The zero-order valence-electron chi connectivity index (χ0n) is 16.2. The molecule has 2 aromatic heterocycles. The molecule has 0 radical (unpaired) electrons. The van der Waals surface area contributed by atoms with E-state index < -0.39 is 0 Å². The van der Waals surface area contributed by atoms with Crippen LogP contribution < -0.4 is 10.6 Å². The highest BCUT2D eigenvalue weighted by molar-refractivity contribution is 5.79. The summed E-state index contributed by atoms with van der Waals surface area (Å²) in [6.45, 7) is 6.54. The van der Waals surface area contributed by atoms with Gasteiger partial charge in [-0.1, -0.05) is 18.2 Å². The van der Waals surface area contributed by atoms with Gasteiger partial charge in [0.15, 0.2) is 5.96 Å². The lowest BCUT2D eigenvalue weighted by Crippen LogP contribution is -2.37. The van der Waals surface area contributed by atoms with E-state index in [-0.39, 0.29) is 0 Å². The van der Waals surface area contributed by atoms with Crippen LogP contribution in [0.1, 0.15) is 23.4 Å². The van der Waals surface area contributed by atoms with Gasteiger partial charge in [-0.15, -0.1) is 0 Å². The summed E-state index contributed by atoms with van der Waals surface area (Å²) in [5.74, 6) is 0.795. The summed E-state index contributed by atoms with van der Waals surface area (Å²) in [6.07, 6.45) is 6.61. The summed E-state index contributed by atoms with van der Waals surface area (Å²) in [5.41, 5.74) is 4.41. The molecule has 0 spiro atoms. The molecule has 0 unspecified atom stereocenters. The summed E-state index contributed by atoms with van der Waals surface area (Å²) in [4.78, 5) is 8.37. The summed E-state index contributed by atoms with van der Waals surface area (Å²) in [5, 5.41) is 11.4. The summed E-state index contributed by atoms with van der Waals surface area (Å²) in [6, 6.07) is 10.4. The number of aromatic nitrogens is 4. The van der Waals surface area contributed by atoms with Gasteiger partial charge in [0.1, 0.15) is 0 Å². The molecule has 2 N–H and O–H groups in total. The van der Waals surface area contributed by atoms with E-state index in [1.54, 1.807) is 13.2 Å². The molecule has 0 atom stereocenters. The normalized spacial score (nSPS) is 11.6. The van der Waals surface area contributed by atoms with Gasteiger partial charge in [0.2, 0.25) is 0 Å². The van der Waals surface area contributed by atoms with E-state index in [0.717, 1.165) is 42.5 Å². The maximum atomic E-state index is 4.61. The number of benzene rings is 1. The Morgan fingerprint density at radius 3 is 2.74 bits per heavy atom. The number of nitrogens with zero attached hydrogens (tertiary/aromatic N) is 5. The first-order valence-electron chi connectivity index (χ1n) is 9.19. The number of aliphatic imine (C=N–C) groups is 1. The molecule has 7 nitrogen and oxygen atoms in total. The SMILES string of the molecule is CN=C(NCCCn1ccnc1)NCc1ccccc1-n1nc(C)cc1C. The Bertz CT molecular complexity index is 878. The quantitative estimate of drug-likeness (QED) is 0.383. The van der Waals surface area contributed by atoms with Crippen LogP contribution >= 0.6 is 0 Å². The van der Waals surface area contributed by atoms with Gasteiger partial charge in [-0.3, -0.25) is 4.99 Å². The highest BCUT2D eigenvalue weighted by Gasteiger charge is 2.09. The van der Waals surface area contributed by atoms with Gasteiger partial charge in [-0.05, 0) is 38.0 Å². The van der Waals surface area contributed by atoms with Gasteiger partial charge in [-0.2, -0.15) is 5.10 Å². The van der Waals surface area contributed by atoms with Crippen LogP contribution in [0, 0.1) is 13.8 Å². The van der Waals surface area contributed by atoms with Crippen LogP contribution in [0.25, 0.3) is 5.69 Å². The van der Waals surface area contributed by atoms with Crippen molar-refractivity contribution in [2.45, 2.75) is 33.4 Å². The highest BCUT2D eigenvalue weighted by Crippen LogP contribution is 2.16. The van der Waals surface area contributed by atoms with Crippen molar-refractivity contribution in [3.8, 4) is 5.69 Å². The van der Waals surface area contributed by atoms with Crippen molar-refractivity contribution in [3.05, 3.63) is 66.0 Å². The zero-order valence-corrected chi connectivity index (χ0v) is 16.2. The third kappa shape index (κ3) is 4.97. The highest BCUT2D eigenvalue weighted by atomic mass is 15.3. The van der Waals surface area contributed by atoms with Gasteiger partial charge in [0.25, 0.3) is 0 Å². The molecule has 0 aliphatic heterocycles. The molecule has 2 heterocycles. The van der Waals surface area contributed by atoms with Crippen molar-refractivity contribution in [1.29, 1.82) is 0 Å². The first-order valence-corrected chi connectivity index (χ1v) is 9.19. The first-order chi connectivity index (χ1) is 13.2. The Morgan fingerprint density at radius 1 is 1.19 bits per heavy atom. The van der Waals surface area contributed by atoms with Crippen LogP contribution in [-0.4, -0.2) is 38.9 Å². The fourth-order valence-corrected chi connectivity index (χ4v) is 3.03. The number of para-hydroxylation sites is 1. The van der Waals surface area contributed by atoms with E-state index in [1.807, 2.05) is 36.3 Å². The summed E-state index contributed by atoms with van der Waals surface area (Å²) < 4.78 is 4.07. The minimum atomic E-state index is 0.676. The second-order valence-electron chi connectivity index (χ2n) is 6.47. The largest absolute Gasteiger partial charge is 0.356 e. The molecule has 27 heavy (non-hydrogen) atoms. The molecule has 0 bridgehead atoms.